The normalized spacial score (nSPS) is 13.2. The van der Waals surface area contributed by atoms with E-state index >= 15 is 0 Å². The fourth-order valence-corrected chi connectivity index (χ4v) is 2.45. The Morgan fingerprint density at radius 1 is 1.22 bits per heavy atom. The fourth-order valence-electron chi connectivity index (χ4n) is 2.45. The molecule has 0 saturated carbocycles. The minimum absolute atomic E-state index is 0.325. The maximum absolute atomic E-state index is 9.60. The van der Waals surface area contributed by atoms with E-state index in [4.69, 9.17) is 4.74 Å². The number of nitrogens with zero attached hydrogens (tertiary/aromatic N) is 1. The third-order valence-electron chi connectivity index (χ3n) is 3.15. The molecule has 0 aliphatic carbocycles. The van der Waals surface area contributed by atoms with Crippen molar-refractivity contribution in [3.05, 3.63) is 30.0 Å². The zero-order valence-corrected chi connectivity index (χ0v) is 11.5. The number of hydrogen-bond donors (Lipinski definition) is 1. The Morgan fingerprint density at radius 2 is 1.94 bits per heavy atom. The Balaban J connectivity index is 2.60. The van der Waals surface area contributed by atoms with Crippen molar-refractivity contribution in [3.8, 4) is 5.75 Å². The molecule has 2 rings (SSSR count). The number of aromatic nitrogens is 1. The standard InChI is InChI=1S/C15H21NO2/c1-10(2)16-13(7-11(3)17)8-12-5-6-14(18-4)9-15(12)16/h5-6,8-11,17H,7H2,1-4H3. The summed E-state index contributed by atoms with van der Waals surface area (Å²) in [7, 11) is 1.68. The predicted octanol–water partition coefficient (Wildman–Crippen LogP) is 3.15. The minimum Gasteiger partial charge on any atom is -0.497 e. The second kappa shape index (κ2) is 5.02. The lowest BCUT2D eigenvalue weighted by atomic mass is 10.2. The smallest absolute Gasteiger partial charge is 0.120 e. The van der Waals surface area contributed by atoms with Crippen molar-refractivity contribution in [2.75, 3.05) is 7.11 Å². The molecule has 0 saturated heterocycles. The van der Waals surface area contributed by atoms with Gasteiger partial charge in [-0.3, -0.25) is 0 Å². The van der Waals surface area contributed by atoms with Crippen LogP contribution >= 0.6 is 0 Å². The summed E-state index contributed by atoms with van der Waals surface area (Å²) in [5.74, 6) is 0.867. The summed E-state index contributed by atoms with van der Waals surface area (Å²) in [6, 6.07) is 8.61. The lowest BCUT2D eigenvalue weighted by Gasteiger charge is -2.16. The molecule has 0 bridgehead atoms. The zero-order chi connectivity index (χ0) is 13.3. The Hall–Kier alpha value is -1.48. The van der Waals surface area contributed by atoms with Crippen LogP contribution in [0.2, 0.25) is 0 Å². The van der Waals surface area contributed by atoms with E-state index in [9.17, 15) is 5.11 Å². The highest BCUT2D eigenvalue weighted by atomic mass is 16.5. The van der Waals surface area contributed by atoms with Gasteiger partial charge in [-0.15, -0.1) is 0 Å². The van der Waals surface area contributed by atoms with Crippen LogP contribution in [0, 0.1) is 0 Å². The van der Waals surface area contributed by atoms with Gasteiger partial charge in [0.25, 0.3) is 0 Å². The van der Waals surface area contributed by atoms with Gasteiger partial charge in [0.1, 0.15) is 5.75 Å². The molecule has 3 nitrogen and oxygen atoms in total. The molecule has 1 atom stereocenters. The quantitative estimate of drug-likeness (QED) is 0.900. The van der Waals surface area contributed by atoms with Gasteiger partial charge in [0.2, 0.25) is 0 Å². The van der Waals surface area contributed by atoms with Crippen molar-refractivity contribution in [2.24, 2.45) is 0 Å². The number of rotatable bonds is 4. The molecule has 1 N–H and O–H groups in total. The summed E-state index contributed by atoms with van der Waals surface area (Å²) in [6.45, 7) is 6.14. The molecule has 0 aliphatic heterocycles. The SMILES string of the molecule is COc1ccc2cc(CC(C)O)n(C(C)C)c2c1. The van der Waals surface area contributed by atoms with Crippen molar-refractivity contribution in [3.63, 3.8) is 0 Å². The van der Waals surface area contributed by atoms with Gasteiger partial charge >= 0.3 is 0 Å². The lowest BCUT2D eigenvalue weighted by Crippen LogP contribution is -2.11. The Kier molecular flexibility index (Phi) is 3.62. The summed E-state index contributed by atoms with van der Waals surface area (Å²) in [6.07, 6.45) is 0.350. The molecular weight excluding hydrogens is 226 g/mol. The zero-order valence-electron chi connectivity index (χ0n) is 11.5. The van der Waals surface area contributed by atoms with Gasteiger partial charge in [-0.25, -0.2) is 0 Å². The van der Waals surface area contributed by atoms with E-state index in [1.54, 1.807) is 7.11 Å². The largest absolute Gasteiger partial charge is 0.497 e. The van der Waals surface area contributed by atoms with Crippen molar-refractivity contribution in [1.82, 2.24) is 4.57 Å². The van der Waals surface area contributed by atoms with Crippen molar-refractivity contribution < 1.29 is 9.84 Å². The molecule has 1 aromatic carbocycles. The van der Waals surface area contributed by atoms with Gasteiger partial charge < -0.3 is 14.4 Å². The van der Waals surface area contributed by atoms with Crippen molar-refractivity contribution in [2.45, 2.75) is 39.3 Å². The lowest BCUT2D eigenvalue weighted by molar-refractivity contribution is 0.192. The van der Waals surface area contributed by atoms with Crippen LogP contribution in [0.25, 0.3) is 10.9 Å². The molecule has 98 valence electrons. The molecule has 0 amide bonds. The fraction of sp³-hybridized carbons (Fsp3) is 0.467. The second-order valence-corrected chi connectivity index (χ2v) is 5.08. The number of aliphatic hydroxyl groups excluding tert-OH is 1. The molecule has 1 unspecified atom stereocenters. The van der Waals surface area contributed by atoms with E-state index in [0.29, 0.717) is 12.5 Å². The van der Waals surface area contributed by atoms with Gasteiger partial charge in [0.15, 0.2) is 0 Å². The van der Waals surface area contributed by atoms with Crippen molar-refractivity contribution >= 4 is 10.9 Å². The van der Waals surface area contributed by atoms with E-state index in [0.717, 1.165) is 5.75 Å². The molecule has 3 heteroatoms. The Labute approximate surface area is 108 Å². The molecule has 0 spiro atoms. The first-order valence-electron chi connectivity index (χ1n) is 6.39. The molecule has 0 fully saturated rings. The number of aliphatic hydroxyl groups is 1. The minimum atomic E-state index is -0.325. The Bertz CT molecular complexity index is 541. The summed E-state index contributed by atoms with van der Waals surface area (Å²) in [5.41, 5.74) is 2.34. The molecule has 1 heterocycles. The summed E-state index contributed by atoms with van der Waals surface area (Å²) >= 11 is 0. The van der Waals surface area contributed by atoms with E-state index in [-0.39, 0.29) is 6.10 Å². The summed E-state index contributed by atoms with van der Waals surface area (Å²) < 4.78 is 7.55. The number of hydrogen-bond acceptors (Lipinski definition) is 2. The van der Waals surface area contributed by atoms with E-state index < -0.39 is 0 Å². The van der Waals surface area contributed by atoms with Gasteiger partial charge in [0.05, 0.1) is 18.7 Å². The molecule has 0 aliphatic rings. The highest BCUT2D eigenvalue weighted by Crippen LogP contribution is 2.28. The first kappa shape index (κ1) is 13.0. The van der Waals surface area contributed by atoms with Crippen LogP contribution in [-0.4, -0.2) is 22.9 Å². The van der Waals surface area contributed by atoms with E-state index in [2.05, 4.69) is 36.6 Å². The highest BCUT2D eigenvalue weighted by molar-refractivity contribution is 5.83. The van der Waals surface area contributed by atoms with Crippen LogP contribution in [0.1, 0.15) is 32.5 Å². The van der Waals surface area contributed by atoms with Crippen LogP contribution in [0.15, 0.2) is 24.3 Å². The van der Waals surface area contributed by atoms with E-state index in [1.165, 1.54) is 16.6 Å². The van der Waals surface area contributed by atoms with Gasteiger partial charge in [-0.05, 0) is 39.0 Å². The maximum atomic E-state index is 9.60. The third kappa shape index (κ3) is 2.36. The first-order valence-corrected chi connectivity index (χ1v) is 6.39. The van der Waals surface area contributed by atoms with Crippen molar-refractivity contribution in [1.29, 1.82) is 0 Å². The van der Waals surface area contributed by atoms with Gasteiger partial charge in [-0.2, -0.15) is 0 Å². The van der Waals surface area contributed by atoms with Crippen LogP contribution < -0.4 is 4.74 Å². The van der Waals surface area contributed by atoms with Gasteiger partial charge in [-0.1, -0.05) is 0 Å². The highest BCUT2D eigenvalue weighted by Gasteiger charge is 2.13. The number of methoxy groups -OCH3 is 1. The Morgan fingerprint density at radius 3 is 2.50 bits per heavy atom. The van der Waals surface area contributed by atoms with Gasteiger partial charge in [0, 0.05) is 29.6 Å². The molecule has 0 radical (unpaired) electrons. The topological polar surface area (TPSA) is 34.4 Å². The monoisotopic (exact) mass is 247 g/mol. The predicted molar refractivity (Wildman–Crippen MR) is 74.3 cm³/mol. The molecule has 18 heavy (non-hydrogen) atoms. The van der Waals surface area contributed by atoms with E-state index in [1.807, 2.05) is 13.0 Å². The number of fused-ring (bicyclic) bond motifs is 1. The maximum Gasteiger partial charge on any atom is 0.120 e. The summed E-state index contributed by atoms with van der Waals surface area (Å²) in [5, 5.41) is 10.8. The first-order chi connectivity index (χ1) is 8.52. The molecule has 2 aromatic rings. The summed E-state index contributed by atoms with van der Waals surface area (Å²) in [4.78, 5) is 0. The van der Waals surface area contributed by atoms with Crippen LogP contribution in [0.3, 0.4) is 0 Å². The number of ether oxygens (including phenoxy) is 1. The average Bonchev–Trinajstić information content (AvgIpc) is 2.64. The second-order valence-electron chi connectivity index (χ2n) is 5.08. The van der Waals surface area contributed by atoms with Crippen LogP contribution in [0.4, 0.5) is 0 Å². The molecule has 1 aromatic heterocycles. The van der Waals surface area contributed by atoms with Crippen LogP contribution in [-0.2, 0) is 6.42 Å². The number of benzene rings is 1. The molecular formula is C15H21NO2. The van der Waals surface area contributed by atoms with Crippen LogP contribution in [0.5, 0.6) is 5.75 Å². The third-order valence-corrected chi connectivity index (χ3v) is 3.15. The average molecular weight is 247 g/mol.